The van der Waals surface area contributed by atoms with Crippen LogP contribution in [0.4, 0.5) is 10.1 Å². The largest absolute Gasteiger partial charge is 0.481 e. The number of para-hydroxylation sites is 1. The number of nitrogens with one attached hydrogen (secondary N) is 1. The van der Waals surface area contributed by atoms with Crippen molar-refractivity contribution in [3.63, 3.8) is 0 Å². The predicted octanol–water partition coefficient (Wildman–Crippen LogP) is 4.09. The Labute approximate surface area is 139 Å². The minimum Gasteiger partial charge on any atom is -0.481 e. The maximum Gasteiger partial charge on any atom is 0.265 e. The Hall–Kier alpha value is -2.95. The van der Waals surface area contributed by atoms with E-state index in [1.807, 2.05) is 31.2 Å². The van der Waals surface area contributed by atoms with Gasteiger partial charge in [-0.05, 0) is 50.2 Å². The quantitative estimate of drug-likeness (QED) is 0.786. The number of hydrogen-bond acceptors (Lipinski definition) is 3. The fraction of sp³-hybridized carbons (Fsp3) is 0.158. The minimum atomic E-state index is -0.726. The molecule has 1 unspecified atom stereocenters. The first kappa shape index (κ1) is 15.9. The van der Waals surface area contributed by atoms with Gasteiger partial charge in [-0.25, -0.2) is 4.39 Å². The average Bonchev–Trinajstić information content (AvgIpc) is 2.57. The van der Waals surface area contributed by atoms with E-state index in [0.717, 1.165) is 16.6 Å². The van der Waals surface area contributed by atoms with E-state index in [2.05, 4.69) is 10.3 Å². The van der Waals surface area contributed by atoms with Gasteiger partial charge in [-0.2, -0.15) is 0 Å². The lowest BCUT2D eigenvalue weighted by Gasteiger charge is -2.15. The van der Waals surface area contributed by atoms with Crippen LogP contribution in [0.2, 0.25) is 0 Å². The SMILES string of the molecule is Cc1ccc2cccc(NC(=O)C(C)Oc3ccc(F)cc3)c2n1. The maximum atomic E-state index is 12.9. The third-order valence-electron chi connectivity index (χ3n) is 3.61. The molecule has 0 aliphatic carbocycles. The molecule has 3 aromatic rings. The predicted molar refractivity (Wildman–Crippen MR) is 91.6 cm³/mol. The molecular formula is C19H17FN2O2. The van der Waals surface area contributed by atoms with Gasteiger partial charge in [0.2, 0.25) is 0 Å². The van der Waals surface area contributed by atoms with Gasteiger partial charge in [0.15, 0.2) is 6.10 Å². The summed E-state index contributed by atoms with van der Waals surface area (Å²) in [5.41, 5.74) is 2.25. The molecule has 1 N–H and O–H groups in total. The molecule has 0 aliphatic rings. The van der Waals surface area contributed by atoms with Crippen molar-refractivity contribution in [2.75, 3.05) is 5.32 Å². The highest BCUT2D eigenvalue weighted by Crippen LogP contribution is 2.22. The number of benzene rings is 2. The summed E-state index contributed by atoms with van der Waals surface area (Å²) < 4.78 is 18.4. The molecule has 1 amide bonds. The van der Waals surface area contributed by atoms with E-state index in [-0.39, 0.29) is 11.7 Å². The Morgan fingerprint density at radius 3 is 2.62 bits per heavy atom. The molecule has 1 aromatic heterocycles. The monoisotopic (exact) mass is 324 g/mol. The summed E-state index contributed by atoms with van der Waals surface area (Å²) >= 11 is 0. The molecule has 0 saturated heterocycles. The van der Waals surface area contributed by atoms with Crippen molar-refractivity contribution in [2.24, 2.45) is 0 Å². The number of rotatable bonds is 4. The average molecular weight is 324 g/mol. The summed E-state index contributed by atoms with van der Waals surface area (Å²) in [6.07, 6.45) is -0.726. The lowest BCUT2D eigenvalue weighted by atomic mass is 10.1. The van der Waals surface area contributed by atoms with Crippen molar-refractivity contribution in [1.29, 1.82) is 0 Å². The van der Waals surface area contributed by atoms with Gasteiger partial charge in [0.05, 0.1) is 11.2 Å². The molecule has 122 valence electrons. The molecule has 0 saturated carbocycles. The number of aromatic nitrogens is 1. The van der Waals surface area contributed by atoms with E-state index in [4.69, 9.17) is 4.74 Å². The van der Waals surface area contributed by atoms with Crippen LogP contribution < -0.4 is 10.1 Å². The van der Waals surface area contributed by atoms with Gasteiger partial charge in [-0.1, -0.05) is 18.2 Å². The minimum absolute atomic E-state index is 0.296. The van der Waals surface area contributed by atoms with Crippen LogP contribution in [0.5, 0.6) is 5.75 Å². The van der Waals surface area contributed by atoms with Crippen molar-refractivity contribution < 1.29 is 13.9 Å². The molecular weight excluding hydrogens is 307 g/mol. The van der Waals surface area contributed by atoms with Gasteiger partial charge in [0, 0.05) is 11.1 Å². The normalized spacial score (nSPS) is 12.0. The summed E-state index contributed by atoms with van der Waals surface area (Å²) in [4.78, 5) is 16.9. The standard InChI is InChI=1S/C19H17FN2O2/c1-12-6-7-14-4-3-5-17(18(14)21-12)22-19(23)13(2)24-16-10-8-15(20)9-11-16/h3-11,13H,1-2H3,(H,22,23). The Bertz CT molecular complexity index is 878. The number of ether oxygens (including phenoxy) is 1. The number of nitrogens with zero attached hydrogens (tertiary/aromatic N) is 1. The highest BCUT2D eigenvalue weighted by atomic mass is 19.1. The number of pyridine rings is 1. The van der Waals surface area contributed by atoms with Gasteiger partial charge in [-0.15, -0.1) is 0 Å². The lowest BCUT2D eigenvalue weighted by molar-refractivity contribution is -0.122. The van der Waals surface area contributed by atoms with Crippen LogP contribution in [-0.2, 0) is 4.79 Å². The van der Waals surface area contributed by atoms with E-state index < -0.39 is 6.10 Å². The lowest BCUT2D eigenvalue weighted by Crippen LogP contribution is -2.30. The van der Waals surface area contributed by atoms with Crippen LogP contribution in [0.3, 0.4) is 0 Å². The molecule has 0 aliphatic heterocycles. The highest BCUT2D eigenvalue weighted by Gasteiger charge is 2.16. The third-order valence-corrected chi connectivity index (χ3v) is 3.61. The van der Waals surface area contributed by atoms with Crippen molar-refractivity contribution in [3.05, 3.63) is 66.1 Å². The number of aryl methyl sites for hydroxylation is 1. The van der Waals surface area contributed by atoms with E-state index in [9.17, 15) is 9.18 Å². The molecule has 1 heterocycles. The van der Waals surface area contributed by atoms with Gasteiger partial charge in [0.1, 0.15) is 11.6 Å². The fourth-order valence-corrected chi connectivity index (χ4v) is 2.35. The first-order valence-corrected chi connectivity index (χ1v) is 7.62. The van der Waals surface area contributed by atoms with Crippen molar-refractivity contribution in [3.8, 4) is 5.75 Å². The summed E-state index contributed by atoms with van der Waals surface area (Å²) in [5.74, 6) is -0.210. The Morgan fingerprint density at radius 2 is 1.88 bits per heavy atom. The summed E-state index contributed by atoms with van der Waals surface area (Å²) in [7, 11) is 0. The smallest absolute Gasteiger partial charge is 0.265 e. The number of carbonyl (C=O) groups excluding carboxylic acids is 1. The first-order valence-electron chi connectivity index (χ1n) is 7.62. The van der Waals surface area contributed by atoms with E-state index in [0.29, 0.717) is 11.4 Å². The number of halogens is 1. The zero-order chi connectivity index (χ0) is 17.1. The van der Waals surface area contributed by atoms with Gasteiger partial charge < -0.3 is 10.1 Å². The van der Waals surface area contributed by atoms with Crippen LogP contribution in [0, 0.1) is 12.7 Å². The molecule has 0 spiro atoms. The fourth-order valence-electron chi connectivity index (χ4n) is 2.35. The number of hydrogen-bond donors (Lipinski definition) is 1. The van der Waals surface area contributed by atoms with Crippen LogP contribution in [0.25, 0.3) is 10.9 Å². The number of anilines is 1. The molecule has 0 fully saturated rings. The molecule has 1 atom stereocenters. The van der Waals surface area contributed by atoms with Gasteiger partial charge in [0.25, 0.3) is 5.91 Å². The molecule has 3 rings (SSSR count). The molecule has 0 bridgehead atoms. The zero-order valence-electron chi connectivity index (χ0n) is 13.4. The molecule has 4 nitrogen and oxygen atoms in total. The third kappa shape index (κ3) is 3.51. The van der Waals surface area contributed by atoms with Crippen LogP contribution in [0.15, 0.2) is 54.6 Å². The summed E-state index contributed by atoms with van der Waals surface area (Å²) in [6, 6.07) is 15.0. The second-order valence-corrected chi connectivity index (χ2v) is 5.53. The molecule has 24 heavy (non-hydrogen) atoms. The summed E-state index contributed by atoms with van der Waals surface area (Å²) in [6.45, 7) is 3.54. The van der Waals surface area contributed by atoms with E-state index >= 15 is 0 Å². The second kappa shape index (κ2) is 6.66. The van der Waals surface area contributed by atoms with E-state index in [1.165, 1.54) is 24.3 Å². The van der Waals surface area contributed by atoms with Crippen molar-refractivity contribution >= 4 is 22.5 Å². The van der Waals surface area contributed by atoms with Crippen LogP contribution in [-0.4, -0.2) is 17.0 Å². The van der Waals surface area contributed by atoms with Gasteiger partial charge >= 0.3 is 0 Å². The maximum absolute atomic E-state index is 12.9. The van der Waals surface area contributed by atoms with Gasteiger partial charge in [-0.3, -0.25) is 9.78 Å². The number of carbonyl (C=O) groups is 1. The van der Waals surface area contributed by atoms with Crippen molar-refractivity contribution in [1.82, 2.24) is 4.98 Å². The number of fused-ring (bicyclic) bond motifs is 1. The first-order chi connectivity index (χ1) is 11.5. The summed E-state index contributed by atoms with van der Waals surface area (Å²) in [5, 5.41) is 3.79. The Kier molecular flexibility index (Phi) is 4.42. The Morgan fingerprint density at radius 1 is 1.12 bits per heavy atom. The Balaban J connectivity index is 1.76. The topological polar surface area (TPSA) is 51.2 Å². The zero-order valence-corrected chi connectivity index (χ0v) is 13.4. The van der Waals surface area contributed by atoms with Crippen molar-refractivity contribution in [2.45, 2.75) is 20.0 Å². The molecule has 5 heteroatoms. The van der Waals surface area contributed by atoms with Crippen LogP contribution >= 0.6 is 0 Å². The molecule has 0 radical (unpaired) electrons. The van der Waals surface area contributed by atoms with Crippen LogP contribution in [0.1, 0.15) is 12.6 Å². The second-order valence-electron chi connectivity index (χ2n) is 5.53. The highest BCUT2D eigenvalue weighted by molar-refractivity contribution is 6.01. The van der Waals surface area contributed by atoms with E-state index in [1.54, 1.807) is 13.0 Å². The molecule has 2 aromatic carbocycles. The number of amides is 1.